The van der Waals surface area contributed by atoms with E-state index in [2.05, 4.69) is 49.1 Å². The Labute approximate surface area is 127 Å². The lowest BCUT2D eigenvalue weighted by atomic mass is 9.89. The van der Waals surface area contributed by atoms with E-state index in [0.717, 1.165) is 18.4 Å². The van der Waals surface area contributed by atoms with Crippen LogP contribution in [0.25, 0.3) is 0 Å². The molecule has 1 aliphatic rings. The van der Waals surface area contributed by atoms with Crippen LogP contribution in [0.3, 0.4) is 0 Å². The third-order valence-corrected chi connectivity index (χ3v) is 5.68. The Kier molecular flexibility index (Phi) is 5.85. The number of nitrogens with zero attached hydrogens (tertiary/aromatic N) is 2. The number of hydrogen-bond acceptors (Lipinski definition) is 4. The predicted octanol–water partition coefficient (Wildman–Crippen LogP) is 4.08. The van der Waals surface area contributed by atoms with Gasteiger partial charge in [-0.25, -0.2) is 4.98 Å². The highest BCUT2D eigenvalue weighted by Crippen LogP contribution is 2.31. The molecule has 0 saturated carbocycles. The van der Waals surface area contributed by atoms with Gasteiger partial charge in [-0.05, 0) is 44.6 Å². The smallest absolute Gasteiger partial charge is 0.185 e. The van der Waals surface area contributed by atoms with E-state index in [1.807, 2.05) is 11.3 Å². The van der Waals surface area contributed by atoms with Gasteiger partial charge in [-0.3, -0.25) is 0 Å². The van der Waals surface area contributed by atoms with Crippen molar-refractivity contribution in [3.63, 3.8) is 0 Å². The van der Waals surface area contributed by atoms with Gasteiger partial charge in [-0.1, -0.05) is 20.8 Å². The number of hydrogen-bond donors (Lipinski definition) is 1. The molecule has 0 bridgehead atoms. The molecule has 0 aromatic carbocycles. The van der Waals surface area contributed by atoms with Gasteiger partial charge < -0.3 is 10.2 Å². The molecule has 0 spiro atoms. The van der Waals surface area contributed by atoms with Gasteiger partial charge in [-0.15, -0.1) is 11.3 Å². The van der Waals surface area contributed by atoms with Crippen molar-refractivity contribution in [2.75, 3.05) is 24.5 Å². The Morgan fingerprint density at radius 1 is 1.35 bits per heavy atom. The normalized spacial score (nSPS) is 22.1. The molecule has 1 saturated heterocycles. The highest BCUT2D eigenvalue weighted by molar-refractivity contribution is 7.15. The van der Waals surface area contributed by atoms with Crippen molar-refractivity contribution in [1.29, 1.82) is 0 Å². The average Bonchev–Trinajstić information content (AvgIpc) is 2.77. The molecule has 2 unspecified atom stereocenters. The van der Waals surface area contributed by atoms with Crippen LogP contribution in [-0.2, 0) is 0 Å². The molecule has 1 aromatic heterocycles. The number of nitrogens with one attached hydrogen (secondary N) is 1. The van der Waals surface area contributed by atoms with Crippen LogP contribution in [0.2, 0.25) is 0 Å². The summed E-state index contributed by atoms with van der Waals surface area (Å²) in [5.74, 6) is 1.70. The van der Waals surface area contributed by atoms with Gasteiger partial charge in [0.25, 0.3) is 0 Å². The third-order valence-electron chi connectivity index (χ3n) is 4.43. The Morgan fingerprint density at radius 2 is 2.15 bits per heavy atom. The fourth-order valence-electron chi connectivity index (χ4n) is 3.01. The van der Waals surface area contributed by atoms with Gasteiger partial charge >= 0.3 is 0 Å². The third kappa shape index (κ3) is 3.95. The zero-order chi connectivity index (χ0) is 14.5. The Morgan fingerprint density at radius 3 is 2.85 bits per heavy atom. The maximum Gasteiger partial charge on any atom is 0.185 e. The molecule has 20 heavy (non-hydrogen) atoms. The number of thiazole rings is 1. The maximum absolute atomic E-state index is 4.66. The second-order valence-corrected chi connectivity index (χ2v) is 7.29. The molecule has 2 rings (SSSR count). The molecule has 2 heterocycles. The SMILES string of the molecule is CCNC(C)c1cnc(N2CCCC(C(C)C)CC2)s1. The lowest BCUT2D eigenvalue weighted by Crippen LogP contribution is -2.24. The highest BCUT2D eigenvalue weighted by atomic mass is 32.1. The van der Waals surface area contributed by atoms with Crippen LogP contribution in [-0.4, -0.2) is 24.6 Å². The first-order valence-corrected chi connectivity index (χ1v) is 8.87. The van der Waals surface area contributed by atoms with Crippen LogP contribution in [0, 0.1) is 11.8 Å². The van der Waals surface area contributed by atoms with Crippen LogP contribution in [0.15, 0.2) is 6.20 Å². The standard InChI is InChI=1S/C16H29N3S/c1-5-17-13(4)15-11-18-16(20-15)19-9-6-7-14(8-10-19)12(2)3/h11-14,17H,5-10H2,1-4H3. The van der Waals surface area contributed by atoms with E-state index in [1.54, 1.807) is 0 Å². The minimum absolute atomic E-state index is 0.418. The summed E-state index contributed by atoms with van der Waals surface area (Å²) >= 11 is 1.86. The van der Waals surface area contributed by atoms with Crippen LogP contribution < -0.4 is 10.2 Å². The summed E-state index contributed by atoms with van der Waals surface area (Å²) in [5.41, 5.74) is 0. The Balaban J connectivity index is 1.98. The molecule has 114 valence electrons. The first-order valence-electron chi connectivity index (χ1n) is 8.05. The van der Waals surface area contributed by atoms with Crippen molar-refractivity contribution in [2.45, 2.75) is 53.0 Å². The largest absolute Gasteiger partial charge is 0.348 e. The minimum Gasteiger partial charge on any atom is -0.348 e. The van der Waals surface area contributed by atoms with Crippen molar-refractivity contribution in [3.05, 3.63) is 11.1 Å². The first-order chi connectivity index (χ1) is 9.61. The van der Waals surface area contributed by atoms with Gasteiger partial charge in [0.1, 0.15) is 0 Å². The van der Waals surface area contributed by atoms with Gasteiger partial charge in [0.15, 0.2) is 5.13 Å². The molecule has 4 heteroatoms. The molecule has 1 fully saturated rings. The van der Waals surface area contributed by atoms with E-state index in [-0.39, 0.29) is 0 Å². The summed E-state index contributed by atoms with van der Waals surface area (Å²) in [5, 5.41) is 4.68. The second kappa shape index (κ2) is 7.41. The summed E-state index contributed by atoms with van der Waals surface area (Å²) in [6.45, 7) is 12.4. The van der Waals surface area contributed by atoms with Crippen molar-refractivity contribution < 1.29 is 0 Å². The van der Waals surface area contributed by atoms with Crippen molar-refractivity contribution >= 4 is 16.5 Å². The van der Waals surface area contributed by atoms with Crippen molar-refractivity contribution in [2.24, 2.45) is 11.8 Å². The highest BCUT2D eigenvalue weighted by Gasteiger charge is 2.21. The average molecular weight is 295 g/mol. The summed E-state index contributed by atoms with van der Waals surface area (Å²) in [7, 11) is 0. The predicted molar refractivity (Wildman–Crippen MR) is 88.6 cm³/mol. The van der Waals surface area contributed by atoms with Crippen LogP contribution in [0.4, 0.5) is 5.13 Å². The molecule has 3 nitrogen and oxygen atoms in total. The number of aromatic nitrogens is 1. The topological polar surface area (TPSA) is 28.2 Å². The number of rotatable bonds is 5. The van der Waals surface area contributed by atoms with Crippen molar-refractivity contribution in [1.82, 2.24) is 10.3 Å². The lowest BCUT2D eigenvalue weighted by molar-refractivity contribution is 0.351. The monoisotopic (exact) mass is 295 g/mol. The molecule has 0 amide bonds. The summed E-state index contributed by atoms with van der Waals surface area (Å²) in [4.78, 5) is 8.51. The van der Waals surface area contributed by atoms with Crippen LogP contribution in [0.5, 0.6) is 0 Å². The summed E-state index contributed by atoms with van der Waals surface area (Å²) in [6, 6.07) is 0.418. The Hall–Kier alpha value is -0.610. The van der Waals surface area contributed by atoms with Gasteiger partial charge in [0, 0.05) is 30.2 Å². The maximum atomic E-state index is 4.66. The van der Waals surface area contributed by atoms with E-state index in [1.165, 1.54) is 42.4 Å². The van der Waals surface area contributed by atoms with Gasteiger partial charge in [0.2, 0.25) is 0 Å². The number of anilines is 1. The van der Waals surface area contributed by atoms with Gasteiger partial charge in [-0.2, -0.15) is 0 Å². The second-order valence-electron chi connectivity index (χ2n) is 6.25. The lowest BCUT2D eigenvalue weighted by Gasteiger charge is -2.20. The quantitative estimate of drug-likeness (QED) is 0.887. The minimum atomic E-state index is 0.418. The molecule has 2 atom stereocenters. The molecular formula is C16H29N3S. The summed E-state index contributed by atoms with van der Waals surface area (Å²) < 4.78 is 0. The molecule has 1 N–H and O–H groups in total. The van der Waals surface area contributed by atoms with Gasteiger partial charge in [0.05, 0.1) is 0 Å². The van der Waals surface area contributed by atoms with E-state index >= 15 is 0 Å². The fraction of sp³-hybridized carbons (Fsp3) is 0.812. The molecular weight excluding hydrogens is 266 g/mol. The van der Waals surface area contributed by atoms with E-state index in [9.17, 15) is 0 Å². The van der Waals surface area contributed by atoms with E-state index < -0.39 is 0 Å². The van der Waals surface area contributed by atoms with Crippen LogP contribution >= 0.6 is 11.3 Å². The fourth-order valence-corrected chi connectivity index (χ4v) is 4.00. The zero-order valence-electron chi connectivity index (χ0n) is 13.4. The van der Waals surface area contributed by atoms with Crippen molar-refractivity contribution in [3.8, 4) is 0 Å². The summed E-state index contributed by atoms with van der Waals surface area (Å²) in [6.07, 6.45) is 6.05. The van der Waals surface area contributed by atoms with Crippen LogP contribution in [0.1, 0.15) is 57.9 Å². The molecule has 0 radical (unpaired) electrons. The Bertz CT molecular complexity index is 402. The van der Waals surface area contributed by atoms with E-state index in [0.29, 0.717) is 6.04 Å². The molecule has 0 aliphatic carbocycles. The molecule has 1 aliphatic heterocycles. The zero-order valence-corrected chi connectivity index (χ0v) is 14.2. The first kappa shape index (κ1) is 15.8. The van der Waals surface area contributed by atoms with E-state index in [4.69, 9.17) is 0 Å². The molecule has 1 aromatic rings.